The summed E-state index contributed by atoms with van der Waals surface area (Å²) in [6, 6.07) is 12.4. The van der Waals surface area contributed by atoms with Crippen molar-refractivity contribution in [1.29, 1.82) is 0 Å². The van der Waals surface area contributed by atoms with Gasteiger partial charge in [0.25, 0.3) is 0 Å². The molecule has 2 heterocycles. The topological polar surface area (TPSA) is 49.6 Å². The van der Waals surface area contributed by atoms with Crippen molar-refractivity contribution in [2.24, 2.45) is 0 Å². The molecule has 0 spiro atoms. The lowest BCUT2D eigenvalue weighted by molar-refractivity contribution is -0.133. The maximum absolute atomic E-state index is 13.1. The zero-order valence-corrected chi connectivity index (χ0v) is 17.4. The van der Waals surface area contributed by atoms with Crippen molar-refractivity contribution >= 4 is 5.91 Å². The smallest absolute Gasteiger partial charge is 0.237 e. The Morgan fingerprint density at radius 1 is 1.10 bits per heavy atom. The maximum atomic E-state index is 13.1. The number of oxazole rings is 1. The molecule has 0 saturated carbocycles. The van der Waals surface area contributed by atoms with E-state index in [-0.39, 0.29) is 30.1 Å². The van der Waals surface area contributed by atoms with Crippen LogP contribution < -0.4 is 0 Å². The molecule has 162 valence electrons. The van der Waals surface area contributed by atoms with E-state index in [9.17, 15) is 13.6 Å². The van der Waals surface area contributed by atoms with Crippen LogP contribution in [0, 0.1) is 11.6 Å². The number of nitrogens with zero attached hydrogens (tertiary/aromatic N) is 3. The van der Waals surface area contributed by atoms with Crippen LogP contribution in [0.4, 0.5) is 8.78 Å². The maximum Gasteiger partial charge on any atom is 0.237 e. The molecule has 2 aromatic carbocycles. The number of halogens is 2. The average Bonchev–Trinajstić information content (AvgIpc) is 3.41. The Hall–Kier alpha value is -3.06. The first-order valence-electron chi connectivity index (χ1n) is 10.4. The van der Waals surface area contributed by atoms with Gasteiger partial charge < -0.3 is 9.32 Å². The highest BCUT2D eigenvalue weighted by molar-refractivity contribution is 5.79. The first kappa shape index (κ1) is 21.2. The molecule has 1 aromatic heterocycles. The summed E-state index contributed by atoms with van der Waals surface area (Å²) in [7, 11) is 1.87. The molecular weight excluding hydrogens is 400 g/mol. The number of amides is 1. The van der Waals surface area contributed by atoms with Gasteiger partial charge in [-0.25, -0.2) is 13.8 Å². The lowest BCUT2D eigenvalue weighted by atomic mass is 10.1. The van der Waals surface area contributed by atoms with E-state index in [1.807, 2.05) is 16.8 Å². The van der Waals surface area contributed by atoms with E-state index in [4.69, 9.17) is 4.42 Å². The Labute approximate surface area is 180 Å². The van der Waals surface area contributed by atoms with Gasteiger partial charge in [-0.1, -0.05) is 24.3 Å². The third kappa shape index (κ3) is 5.35. The van der Waals surface area contributed by atoms with Gasteiger partial charge in [0.2, 0.25) is 11.8 Å². The molecule has 1 fully saturated rings. The van der Waals surface area contributed by atoms with Crippen LogP contribution in [0.25, 0.3) is 0 Å². The predicted octanol–water partition coefficient (Wildman–Crippen LogP) is 4.34. The summed E-state index contributed by atoms with van der Waals surface area (Å²) in [6.07, 6.45) is 3.91. The number of benzene rings is 2. The highest BCUT2D eigenvalue weighted by atomic mass is 19.1. The minimum atomic E-state index is -0.272. The quantitative estimate of drug-likeness (QED) is 0.565. The van der Waals surface area contributed by atoms with E-state index >= 15 is 0 Å². The molecule has 31 heavy (non-hydrogen) atoms. The highest BCUT2D eigenvalue weighted by Gasteiger charge is 2.33. The number of hydrogen-bond donors (Lipinski definition) is 0. The fourth-order valence-corrected chi connectivity index (χ4v) is 3.96. The van der Waals surface area contributed by atoms with E-state index in [2.05, 4.69) is 4.98 Å². The van der Waals surface area contributed by atoms with E-state index in [1.54, 1.807) is 30.5 Å². The number of likely N-dealkylation sites (N-methyl/N-ethyl adjacent to an activating group) is 1. The molecule has 3 aromatic rings. The average molecular weight is 425 g/mol. The van der Waals surface area contributed by atoms with Crippen LogP contribution in [0.5, 0.6) is 0 Å². The van der Waals surface area contributed by atoms with E-state index in [1.165, 1.54) is 24.3 Å². The molecule has 1 aliphatic rings. The second-order valence-corrected chi connectivity index (χ2v) is 8.01. The molecule has 4 rings (SSSR count). The highest BCUT2D eigenvalue weighted by Crippen LogP contribution is 2.32. The molecule has 1 unspecified atom stereocenters. The van der Waals surface area contributed by atoms with Crippen LogP contribution in [0.1, 0.15) is 41.7 Å². The van der Waals surface area contributed by atoms with Crippen LogP contribution >= 0.6 is 0 Å². The first-order valence-corrected chi connectivity index (χ1v) is 10.4. The summed E-state index contributed by atoms with van der Waals surface area (Å²) in [5.74, 6) is 0.711. The summed E-state index contributed by atoms with van der Waals surface area (Å²) < 4.78 is 32.1. The summed E-state index contributed by atoms with van der Waals surface area (Å²) in [6.45, 7) is 1.49. The Bertz CT molecular complexity index is 1020. The van der Waals surface area contributed by atoms with Crippen molar-refractivity contribution in [1.82, 2.24) is 14.8 Å². The van der Waals surface area contributed by atoms with Gasteiger partial charge in [0.15, 0.2) is 0 Å². The standard InChI is InChI=1S/C24H25F2N3O2/c1-28(15-18-6-10-20(26)11-7-18)16-23(30)29-12-2-3-22(29)24-27-14-21(31-24)13-17-4-8-19(25)9-5-17/h4-11,14,22H,2-3,12-13,15-16H2,1H3. The zero-order chi connectivity index (χ0) is 21.8. The molecule has 1 aliphatic heterocycles. The minimum absolute atomic E-state index is 0.0189. The van der Waals surface area contributed by atoms with Gasteiger partial charge in [0.1, 0.15) is 23.4 Å². The van der Waals surface area contributed by atoms with Gasteiger partial charge in [0, 0.05) is 19.5 Å². The third-order valence-corrected chi connectivity index (χ3v) is 5.49. The second kappa shape index (κ2) is 9.39. The third-order valence-electron chi connectivity index (χ3n) is 5.49. The molecule has 5 nitrogen and oxygen atoms in total. The lowest BCUT2D eigenvalue weighted by Gasteiger charge is -2.25. The molecule has 0 radical (unpaired) electrons. The summed E-state index contributed by atoms with van der Waals surface area (Å²) in [5, 5.41) is 0. The SMILES string of the molecule is CN(CC(=O)N1CCCC1c1ncc(Cc2ccc(F)cc2)o1)Cc1ccc(F)cc1. The number of carbonyl (C=O) groups is 1. The van der Waals surface area contributed by atoms with Crippen molar-refractivity contribution in [3.8, 4) is 0 Å². The van der Waals surface area contributed by atoms with Gasteiger partial charge in [-0.05, 0) is 55.3 Å². The molecule has 0 bridgehead atoms. The number of hydrogen-bond acceptors (Lipinski definition) is 4. The van der Waals surface area contributed by atoms with Gasteiger partial charge in [-0.2, -0.15) is 0 Å². The molecule has 1 amide bonds. The van der Waals surface area contributed by atoms with Crippen molar-refractivity contribution in [2.75, 3.05) is 20.1 Å². The largest absolute Gasteiger partial charge is 0.443 e. The number of likely N-dealkylation sites (tertiary alicyclic amines) is 1. The van der Waals surface area contributed by atoms with Gasteiger partial charge in [-0.15, -0.1) is 0 Å². The van der Waals surface area contributed by atoms with Crippen molar-refractivity contribution in [3.63, 3.8) is 0 Å². The van der Waals surface area contributed by atoms with Crippen LogP contribution in [0.3, 0.4) is 0 Å². The summed E-state index contributed by atoms with van der Waals surface area (Å²) in [4.78, 5) is 21.1. The Kier molecular flexibility index (Phi) is 6.42. The Balaban J connectivity index is 1.37. The monoisotopic (exact) mass is 425 g/mol. The first-order chi connectivity index (χ1) is 15.0. The minimum Gasteiger partial charge on any atom is -0.443 e. The van der Waals surface area contributed by atoms with Gasteiger partial charge >= 0.3 is 0 Å². The second-order valence-electron chi connectivity index (χ2n) is 8.01. The van der Waals surface area contributed by atoms with E-state index in [0.29, 0.717) is 31.2 Å². The summed E-state index contributed by atoms with van der Waals surface area (Å²) in [5.41, 5.74) is 1.89. The zero-order valence-electron chi connectivity index (χ0n) is 17.4. The van der Waals surface area contributed by atoms with E-state index in [0.717, 1.165) is 24.0 Å². The molecular formula is C24H25F2N3O2. The number of carbonyl (C=O) groups excluding carboxylic acids is 1. The lowest BCUT2D eigenvalue weighted by Crippen LogP contribution is -2.38. The van der Waals surface area contributed by atoms with Crippen LogP contribution in [-0.2, 0) is 17.8 Å². The van der Waals surface area contributed by atoms with Crippen LogP contribution in [0.15, 0.2) is 59.1 Å². The van der Waals surface area contributed by atoms with Crippen LogP contribution in [0.2, 0.25) is 0 Å². The Morgan fingerprint density at radius 2 is 1.74 bits per heavy atom. The molecule has 0 aliphatic carbocycles. The number of aromatic nitrogens is 1. The molecule has 7 heteroatoms. The van der Waals surface area contributed by atoms with Gasteiger partial charge in [-0.3, -0.25) is 9.69 Å². The van der Waals surface area contributed by atoms with Crippen LogP contribution in [-0.4, -0.2) is 40.8 Å². The summed E-state index contributed by atoms with van der Waals surface area (Å²) >= 11 is 0. The fourth-order valence-electron chi connectivity index (χ4n) is 3.96. The molecule has 1 saturated heterocycles. The predicted molar refractivity (Wildman–Crippen MR) is 112 cm³/mol. The number of rotatable bonds is 7. The Morgan fingerprint density at radius 3 is 2.42 bits per heavy atom. The van der Waals surface area contributed by atoms with Gasteiger partial charge in [0.05, 0.1) is 12.7 Å². The van der Waals surface area contributed by atoms with Crippen molar-refractivity contribution in [2.45, 2.75) is 31.8 Å². The molecule has 1 atom stereocenters. The molecule has 0 N–H and O–H groups in total. The normalized spacial score (nSPS) is 16.3. The fraction of sp³-hybridized carbons (Fsp3) is 0.333. The van der Waals surface area contributed by atoms with Crippen molar-refractivity contribution in [3.05, 3.63) is 89.1 Å². The van der Waals surface area contributed by atoms with Crippen molar-refractivity contribution < 1.29 is 18.0 Å². The van der Waals surface area contributed by atoms with E-state index < -0.39 is 0 Å².